The Morgan fingerprint density at radius 3 is 2.61 bits per heavy atom. The minimum absolute atomic E-state index is 0.510. The zero-order chi connectivity index (χ0) is 12.6. The molecule has 1 aliphatic carbocycles. The van der Waals surface area contributed by atoms with Gasteiger partial charge in [-0.1, -0.05) is 32.1 Å². The number of nitrogens with zero attached hydrogens (tertiary/aromatic N) is 2. The van der Waals surface area contributed by atoms with E-state index in [1.807, 2.05) is 23.1 Å². The zero-order valence-corrected chi connectivity index (χ0v) is 11.6. The molecule has 1 saturated carbocycles. The van der Waals surface area contributed by atoms with Gasteiger partial charge in [0.1, 0.15) is 0 Å². The molecule has 0 aliphatic heterocycles. The Bertz CT molecular complexity index is 300. The first-order chi connectivity index (χ1) is 8.84. The van der Waals surface area contributed by atoms with Gasteiger partial charge in [-0.15, -0.1) is 0 Å². The van der Waals surface area contributed by atoms with Crippen LogP contribution < -0.4 is 5.32 Å². The molecule has 1 N–H and O–H groups in total. The highest BCUT2D eigenvalue weighted by Crippen LogP contribution is 2.21. The summed E-state index contributed by atoms with van der Waals surface area (Å²) in [6, 6.07) is 2.50. The second-order valence-electron chi connectivity index (χ2n) is 5.75. The molecule has 0 radical (unpaired) electrons. The van der Waals surface area contributed by atoms with Gasteiger partial charge in [0.25, 0.3) is 0 Å². The van der Waals surface area contributed by atoms with Crippen molar-refractivity contribution in [2.75, 3.05) is 6.54 Å². The van der Waals surface area contributed by atoms with Gasteiger partial charge in [-0.25, -0.2) is 0 Å². The molecule has 18 heavy (non-hydrogen) atoms. The van der Waals surface area contributed by atoms with Crippen LogP contribution in [0, 0.1) is 5.92 Å². The van der Waals surface area contributed by atoms with E-state index in [1.54, 1.807) is 0 Å². The van der Waals surface area contributed by atoms with Crippen molar-refractivity contribution in [1.82, 2.24) is 15.1 Å². The van der Waals surface area contributed by atoms with Gasteiger partial charge in [-0.2, -0.15) is 5.10 Å². The lowest BCUT2D eigenvalue weighted by atomic mass is 9.91. The highest BCUT2D eigenvalue weighted by atomic mass is 15.3. The fourth-order valence-electron chi connectivity index (χ4n) is 2.87. The van der Waals surface area contributed by atoms with E-state index in [9.17, 15) is 0 Å². The largest absolute Gasteiger partial charge is 0.312 e. The lowest BCUT2D eigenvalue weighted by Gasteiger charge is -2.22. The Morgan fingerprint density at radius 2 is 1.94 bits per heavy atom. The molecule has 1 aliphatic rings. The normalized spacial score (nSPS) is 20.3. The number of hydrogen-bond donors (Lipinski definition) is 1. The van der Waals surface area contributed by atoms with Gasteiger partial charge in [-0.3, -0.25) is 4.68 Å². The Morgan fingerprint density at radius 1 is 1.22 bits per heavy atom. The summed E-state index contributed by atoms with van der Waals surface area (Å²) in [6.07, 6.45) is 13.9. The molecule has 0 bridgehead atoms. The van der Waals surface area contributed by atoms with Crippen molar-refractivity contribution in [1.29, 1.82) is 0 Å². The third-order valence-corrected chi connectivity index (χ3v) is 4.00. The smallest absolute Gasteiger partial charge is 0.0559 e. The number of hydrogen-bond acceptors (Lipinski definition) is 2. The van der Waals surface area contributed by atoms with Gasteiger partial charge in [0.15, 0.2) is 0 Å². The molecule has 1 unspecified atom stereocenters. The van der Waals surface area contributed by atoms with Crippen LogP contribution in [0.3, 0.4) is 0 Å². The molecular formula is C15H27N3. The molecule has 2 rings (SSSR count). The second-order valence-corrected chi connectivity index (χ2v) is 5.75. The number of rotatable bonds is 5. The zero-order valence-electron chi connectivity index (χ0n) is 11.6. The fraction of sp³-hybridized carbons (Fsp3) is 0.800. The van der Waals surface area contributed by atoms with E-state index in [-0.39, 0.29) is 0 Å². The molecule has 1 aromatic heterocycles. The number of nitrogens with one attached hydrogen (secondary N) is 1. The van der Waals surface area contributed by atoms with Gasteiger partial charge >= 0.3 is 0 Å². The van der Waals surface area contributed by atoms with Crippen LogP contribution in [0.25, 0.3) is 0 Å². The van der Waals surface area contributed by atoms with Crippen molar-refractivity contribution in [3.8, 4) is 0 Å². The quantitative estimate of drug-likeness (QED) is 0.868. The SMILES string of the molecule is CC(Cn1cccn1)NCC1CCCCCCC1. The summed E-state index contributed by atoms with van der Waals surface area (Å²) in [7, 11) is 0. The summed E-state index contributed by atoms with van der Waals surface area (Å²) in [5.74, 6) is 0.894. The summed E-state index contributed by atoms with van der Waals surface area (Å²) < 4.78 is 2.01. The summed E-state index contributed by atoms with van der Waals surface area (Å²) in [5, 5.41) is 7.93. The molecule has 1 heterocycles. The first kappa shape index (κ1) is 13.6. The van der Waals surface area contributed by atoms with Crippen LogP contribution in [-0.2, 0) is 6.54 Å². The lowest BCUT2D eigenvalue weighted by Crippen LogP contribution is -2.34. The van der Waals surface area contributed by atoms with Crippen LogP contribution in [0.1, 0.15) is 51.9 Å². The average Bonchev–Trinajstić information content (AvgIpc) is 2.80. The Balaban J connectivity index is 1.66. The molecule has 1 aromatic rings. The van der Waals surface area contributed by atoms with Crippen molar-refractivity contribution in [2.45, 2.75) is 64.5 Å². The van der Waals surface area contributed by atoms with Crippen LogP contribution in [0.5, 0.6) is 0 Å². The Kier molecular flexibility index (Phi) is 5.72. The fourth-order valence-corrected chi connectivity index (χ4v) is 2.87. The molecule has 3 nitrogen and oxygen atoms in total. The minimum Gasteiger partial charge on any atom is -0.312 e. The second kappa shape index (κ2) is 7.57. The topological polar surface area (TPSA) is 29.9 Å². The first-order valence-electron chi connectivity index (χ1n) is 7.55. The van der Waals surface area contributed by atoms with Crippen LogP contribution >= 0.6 is 0 Å². The van der Waals surface area contributed by atoms with Crippen LogP contribution in [0.15, 0.2) is 18.5 Å². The van der Waals surface area contributed by atoms with E-state index in [1.165, 1.54) is 51.5 Å². The molecule has 1 atom stereocenters. The molecule has 0 saturated heterocycles. The highest BCUT2D eigenvalue weighted by Gasteiger charge is 2.12. The van der Waals surface area contributed by atoms with Gasteiger partial charge in [0.05, 0.1) is 6.54 Å². The van der Waals surface area contributed by atoms with Crippen molar-refractivity contribution >= 4 is 0 Å². The Labute approximate surface area is 111 Å². The predicted molar refractivity (Wildman–Crippen MR) is 75.5 cm³/mol. The minimum atomic E-state index is 0.510. The van der Waals surface area contributed by atoms with Gasteiger partial charge in [-0.05, 0) is 38.3 Å². The van der Waals surface area contributed by atoms with Gasteiger partial charge in [0.2, 0.25) is 0 Å². The van der Waals surface area contributed by atoms with Gasteiger partial charge < -0.3 is 5.32 Å². The summed E-state index contributed by atoms with van der Waals surface area (Å²) in [5.41, 5.74) is 0. The van der Waals surface area contributed by atoms with Crippen molar-refractivity contribution in [2.24, 2.45) is 5.92 Å². The molecule has 102 valence electrons. The maximum Gasteiger partial charge on any atom is 0.0559 e. The van der Waals surface area contributed by atoms with E-state index in [0.717, 1.165) is 12.5 Å². The highest BCUT2D eigenvalue weighted by molar-refractivity contribution is 4.79. The molecule has 0 spiro atoms. The average molecular weight is 249 g/mol. The third kappa shape index (κ3) is 4.81. The van der Waals surface area contributed by atoms with Crippen molar-refractivity contribution in [3.63, 3.8) is 0 Å². The van der Waals surface area contributed by atoms with Gasteiger partial charge in [0, 0.05) is 18.4 Å². The summed E-state index contributed by atoms with van der Waals surface area (Å²) in [6.45, 7) is 4.41. The van der Waals surface area contributed by atoms with Crippen LogP contribution in [0.2, 0.25) is 0 Å². The van der Waals surface area contributed by atoms with E-state index in [2.05, 4.69) is 17.3 Å². The van der Waals surface area contributed by atoms with E-state index >= 15 is 0 Å². The number of aromatic nitrogens is 2. The van der Waals surface area contributed by atoms with E-state index < -0.39 is 0 Å². The van der Waals surface area contributed by atoms with E-state index in [0.29, 0.717) is 6.04 Å². The Hall–Kier alpha value is -0.830. The molecule has 3 heteroatoms. The molecular weight excluding hydrogens is 222 g/mol. The molecule has 1 fully saturated rings. The van der Waals surface area contributed by atoms with Crippen molar-refractivity contribution < 1.29 is 0 Å². The van der Waals surface area contributed by atoms with E-state index in [4.69, 9.17) is 0 Å². The van der Waals surface area contributed by atoms with Crippen molar-refractivity contribution in [3.05, 3.63) is 18.5 Å². The summed E-state index contributed by atoms with van der Waals surface area (Å²) in [4.78, 5) is 0. The maximum absolute atomic E-state index is 4.26. The predicted octanol–water partition coefficient (Wildman–Crippen LogP) is 3.22. The molecule has 0 amide bonds. The third-order valence-electron chi connectivity index (χ3n) is 4.00. The standard InChI is InChI=1S/C15H27N3/c1-14(13-18-11-7-10-17-18)16-12-15-8-5-3-2-4-6-9-15/h7,10-11,14-16H,2-6,8-9,12-13H2,1H3. The first-order valence-corrected chi connectivity index (χ1v) is 7.55. The maximum atomic E-state index is 4.26. The van der Waals surface area contributed by atoms with Crippen LogP contribution in [-0.4, -0.2) is 22.4 Å². The lowest BCUT2D eigenvalue weighted by molar-refractivity contribution is 0.336. The molecule has 0 aromatic carbocycles. The summed E-state index contributed by atoms with van der Waals surface area (Å²) >= 11 is 0. The monoisotopic (exact) mass is 249 g/mol. The van der Waals surface area contributed by atoms with Crippen LogP contribution in [0.4, 0.5) is 0 Å².